The van der Waals surface area contributed by atoms with Gasteiger partial charge in [-0.3, -0.25) is 4.79 Å². The lowest BCUT2D eigenvalue weighted by Crippen LogP contribution is -2.36. The zero-order chi connectivity index (χ0) is 18.5. The summed E-state index contributed by atoms with van der Waals surface area (Å²) in [6, 6.07) is 22.5. The lowest BCUT2D eigenvalue weighted by atomic mass is 10.1. The maximum Gasteiger partial charge on any atom is 0.234 e. The number of ether oxygens (including phenoxy) is 1. The minimum absolute atomic E-state index is 0.00821. The van der Waals surface area contributed by atoms with Crippen LogP contribution in [0.1, 0.15) is 0 Å². The van der Waals surface area contributed by atoms with Crippen molar-refractivity contribution in [2.75, 3.05) is 42.3 Å². The number of nitrogens with one attached hydrogen (secondary N) is 1. The molecule has 4 rings (SSSR count). The topological polar surface area (TPSA) is 41.6 Å². The van der Waals surface area contributed by atoms with E-state index in [1.807, 2.05) is 30.3 Å². The predicted molar refractivity (Wildman–Crippen MR) is 113 cm³/mol. The second-order valence-electron chi connectivity index (χ2n) is 6.46. The molecule has 0 unspecified atom stereocenters. The largest absolute Gasteiger partial charge is 0.378 e. The molecule has 3 aromatic carbocycles. The molecule has 0 atom stereocenters. The Hall–Kier alpha value is -2.50. The van der Waals surface area contributed by atoms with Gasteiger partial charge in [0, 0.05) is 18.0 Å². The fraction of sp³-hybridized carbons (Fsp3) is 0.227. The second-order valence-corrected chi connectivity index (χ2v) is 7.51. The highest BCUT2D eigenvalue weighted by atomic mass is 32.2. The molecule has 3 aromatic rings. The van der Waals surface area contributed by atoms with E-state index in [0.29, 0.717) is 5.75 Å². The van der Waals surface area contributed by atoms with Gasteiger partial charge in [-0.1, -0.05) is 42.5 Å². The SMILES string of the molecule is O=C(CSc1ccc2ccccc2c1)Nc1ccccc1N1CCOCC1. The fourth-order valence-corrected chi connectivity index (χ4v) is 4.00. The third kappa shape index (κ3) is 4.43. The molecule has 0 radical (unpaired) electrons. The van der Waals surface area contributed by atoms with Crippen LogP contribution in [0.3, 0.4) is 0 Å². The van der Waals surface area contributed by atoms with Gasteiger partial charge in [0.25, 0.3) is 0 Å². The quantitative estimate of drug-likeness (QED) is 0.668. The van der Waals surface area contributed by atoms with Crippen LogP contribution in [-0.2, 0) is 9.53 Å². The van der Waals surface area contributed by atoms with Crippen LogP contribution in [0.5, 0.6) is 0 Å². The molecular formula is C22H22N2O2S. The lowest BCUT2D eigenvalue weighted by molar-refractivity contribution is -0.113. The van der Waals surface area contributed by atoms with Crippen molar-refractivity contribution in [1.29, 1.82) is 0 Å². The number of morpholine rings is 1. The molecule has 1 aliphatic heterocycles. The molecule has 1 amide bonds. The van der Waals surface area contributed by atoms with Crippen LogP contribution in [0.15, 0.2) is 71.6 Å². The number of anilines is 2. The molecule has 1 heterocycles. The molecule has 0 spiro atoms. The van der Waals surface area contributed by atoms with E-state index in [1.165, 1.54) is 10.8 Å². The number of para-hydroxylation sites is 2. The molecular weight excluding hydrogens is 356 g/mol. The van der Waals surface area contributed by atoms with E-state index in [2.05, 4.69) is 46.6 Å². The Morgan fingerprint density at radius 3 is 2.56 bits per heavy atom. The maximum atomic E-state index is 12.5. The van der Waals surface area contributed by atoms with Crippen LogP contribution in [-0.4, -0.2) is 38.0 Å². The van der Waals surface area contributed by atoms with Crippen LogP contribution in [0.2, 0.25) is 0 Å². The average Bonchev–Trinajstić information content (AvgIpc) is 2.73. The number of thioether (sulfide) groups is 1. The van der Waals surface area contributed by atoms with Gasteiger partial charge in [-0.15, -0.1) is 11.8 Å². The lowest BCUT2D eigenvalue weighted by Gasteiger charge is -2.30. The number of fused-ring (bicyclic) bond motifs is 1. The van der Waals surface area contributed by atoms with Crippen molar-refractivity contribution in [2.24, 2.45) is 0 Å². The summed E-state index contributed by atoms with van der Waals surface area (Å²) in [6.07, 6.45) is 0. The summed E-state index contributed by atoms with van der Waals surface area (Å²) in [6.45, 7) is 3.14. The summed E-state index contributed by atoms with van der Waals surface area (Å²) >= 11 is 1.56. The Morgan fingerprint density at radius 2 is 1.70 bits per heavy atom. The first-order valence-electron chi connectivity index (χ1n) is 9.13. The summed E-state index contributed by atoms with van der Waals surface area (Å²) in [5.74, 6) is 0.393. The minimum atomic E-state index is 0.00821. The van der Waals surface area contributed by atoms with Crippen molar-refractivity contribution in [1.82, 2.24) is 0 Å². The highest BCUT2D eigenvalue weighted by molar-refractivity contribution is 8.00. The van der Waals surface area contributed by atoms with E-state index in [4.69, 9.17) is 4.74 Å². The van der Waals surface area contributed by atoms with Crippen molar-refractivity contribution >= 4 is 39.8 Å². The first-order valence-corrected chi connectivity index (χ1v) is 10.1. The highest BCUT2D eigenvalue weighted by Gasteiger charge is 2.15. The first-order chi connectivity index (χ1) is 13.3. The third-order valence-electron chi connectivity index (χ3n) is 4.62. The number of hydrogen-bond acceptors (Lipinski definition) is 4. The standard InChI is InChI=1S/C22H22N2O2S/c25-22(16-27-19-10-9-17-5-1-2-6-18(17)15-19)23-20-7-3-4-8-21(20)24-11-13-26-14-12-24/h1-10,15H,11-14,16H2,(H,23,25). The highest BCUT2D eigenvalue weighted by Crippen LogP contribution is 2.27. The van der Waals surface area contributed by atoms with Crippen LogP contribution in [0, 0.1) is 0 Å². The average molecular weight is 378 g/mol. The molecule has 1 saturated heterocycles. The van der Waals surface area contributed by atoms with Crippen LogP contribution < -0.4 is 10.2 Å². The van der Waals surface area contributed by atoms with Gasteiger partial charge in [-0.05, 0) is 35.0 Å². The molecule has 5 heteroatoms. The van der Waals surface area contributed by atoms with Gasteiger partial charge >= 0.3 is 0 Å². The summed E-state index contributed by atoms with van der Waals surface area (Å²) in [4.78, 5) is 15.9. The van der Waals surface area contributed by atoms with Gasteiger partial charge in [-0.2, -0.15) is 0 Å². The summed E-state index contributed by atoms with van der Waals surface area (Å²) in [7, 11) is 0. The monoisotopic (exact) mass is 378 g/mol. The van der Waals surface area contributed by atoms with Crippen LogP contribution in [0.25, 0.3) is 10.8 Å². The van der Waals surface area contributed by atoms with E-state index in [1.54, 1.807) is 11.8 Å². The van der Waals surface area contributed by atoms with Gasteiger partial charge in [0.2, 0.25) is 5.91 Å². The fourth-order valence-electron chi connectivity index (χ4n) is 3.25. The molecule has 0 bridgehead atoms. The Balaban J connectivity index is 1.40. The van der Waals surface area contributed by atoms with Gasteiger partial charge in [0.15, 0.2) is 0 Å². The van der Waals surface area contributed by atoms with Crippen LogP contribution >= 0.6 is 11.8 Å². The predicted octanol–water partition coefficient (Wildman–Crippen LogP) is 4.41. The third-order valence-corrected chi connectivity index (χ3v) is 5.61. The Bertz CT molecular complexity index is 938. The minimum Gasteiger partial charge on any atom is -0.378 e. The number of hydrogen-bond donors (Lipinski definition) is 1. The number of nitrogens with zero attached hydrogens (tertiary/aromatic N) is 1. The number of rotatable bonds is 5. The molecule has 0 aliphatic carbocycles. The van der Waals surface area contributed by atoms with Crippen molar-refractivity contribution in [3.05, 3.63) is 66.7 Å². The molecule has 1 N–H and O–H groups in total. The summed E-state index contributed by atoms with van der Waals surface area (Å²) < 4.78 is 5.43. The molecule has 1 aliphatic rings. The van der Waals surface area contributed by atoms with E-state index < -0.39 is 0 Å². The zero-order valence-electron chi connectivity index (χ0n) is 15.1. The molecule has 1 fully saturated rings. The van der Waals surface area contributed by atoms with Crippen LogP contribution in [0.4, 0.5) is 11.4 Å². The van der Waals surface area contributed by atoms with E-state index in [-0.39, 0.29) is 5.91 Å². The smallest absolute Gasteiger partial charge is 0.234 e. The van der Waals surface area contributed by atoms with Crippen molar-refractivity contribution < 1.29 is 9.53 Å². The van der Waals surface area contributed by atoms with Gasteiger partial charge in [-0.25, -0.2) is 0 Å². The Morgan fingerprint density at radius 1 is 0.963 bits per heavy atom. The Kier molecular flexibility index (Phi) is 5.61. The van der Waals surface area contributed by atoms with Crippen molar-refractivity contribution in [2.45, 2.75) is 4.90 Å². The van der Waals surface area contributed by atoms with E-state index in [0.717, 1.165) is 42.6 Å². The second kappa shape index (κ2) is 8.46. The van der Waals surface area contributed by atoms with Gasteiger partial charge < -0.3 is 15.0 Å². The number of amides is 1. The zero-order valence-corrected chi connectivity index (χ0v) is 15.9. The number of carbonyl (C=O) groups excluding carboxylic acids is 1. The summed E-state index contributed by atoms with van der Waals surface area (Å²) in [5.41, 5.74) is 1.92. The van der Waals surface area contributed by atoms with Crippen molar-refractivity contribution in [3.8, 4) is 0 Å². The first kappa shape index (κ1) is 17.9. The number of benzene rings is 3. The Labute approximate surface area is 163 Å². The van der Waals surface area contributed by atoms with E-state index >= 15 is 0 Å². The molecule has 27 heavy (non-hydrogen) atoms. The maximum absolute atomic E-state index is 12.5. The van der Waals surface area contributed by atoms with E-state index in [9.17, 15) is 4.79 Å². The molecule has 4 nitrogen and oxygen atoms in total. The van der Waals surface area contributed by atoms with Gasteiger partial charge in [0.1, 0.15) is 0 Å². The van der Waals surface area contributed by atoms with Crippen molar-refractivity contribution in [3.63, 3.8) is 0 Å². The number of carbonyl (C=O) groups is 1. The summed E-state index contributed by atoms with van der Waals surface area (Å²) in [5, 5.41) is 5.48. The molecule has 138 valence electrons. The molecule has 0 aromatic heterocycles. The molecule has 0 saturated carbocycles. The normalized spacial score (nSPS) is 14.3. The van der Waals surface area contributed by atoms with Gasteiger partial charge in [0.05, 0.1) is 30.3 Å².